The molecule has 0 spiro atoms. The van der Waals surface area contributed by atoms with Crippen LogP contribution in [0.4, 0.5) is 13.2 Å². The van der Waals surface area contributed by atoms with Gasteiger partial charge >= 0.3 is 6.18 Å². The van der Waals surface area contributed by atoms with Crippen LogP contribution in [0.15, 0.2) is 53.3 Å². The van der Waals surface area contributed by atoms with Gasteiger partial charge in [-0.05, 0) is 67.6 Å². The third-order valence-electron chi connectivity index (χ3n) is 5.47. The number of hydrogen-bond donors (Lipinski definition) is 1. The highest BCUT2D eigenvalue weighted by Crippen LogP contribution is 2.30. The zero-order valence-electron chi connectivity index (χ0n) is 17.9. The van der Waals surface area contributed by atoms with Crippen LogP contribution in [-0.4, -0.2) is 28.8 Å². The van der Waals surface area contributed by atoms with E-state index in [9.17, 15) is 22.8 Å². The van der Waals surface area contributed by atoms with E-state index in [1.54, 1.807) is 0 Å². The Kier molecular flexibility index (Phi) is 6.22. The molecule has 1 amide bonds. The number of hydrogen-bond acceptors (Lipinski definition) is 4. The molecule has 4 rings (SSSR count). The Hall–Kier alpha value is -3.62. The van der Waals surface area contributed by atoms with Crippen LogP contribution < -0.4 is 15.5 Å². The van der Waals surface area contributed by atoms with Gasteiger partial charge in [-0.3, -0.25) is 9.59 Å². The van der Waals surface area contributed by atoms with Gasteiger partial charge in [-0.25, -0.2) is 4.68 Å². The fraction of sp³-hybridized carbons (Fsp3) is 0.292. The Labute approximate surface area is 188 Å². The molecule has 0 radical (unpaired) electrons. The van der Waals surface area contributed by atoms with Gasteiger partial charge in [-0.2, -0.15) is 18.3 Å². The summed E-state index contributed by atoms with van der Waals surface area (Å²) in [7, 11) is 0. The second kappa shape index (κ2) is 9.09. The highest BCUT2D eigenvalue weighted by atomic mass is 19.4. The van der Waals surface area contributed by atoms with Gasteiger partial charge in [-0.15, -0.1) is 0 Å². The Morgan fingerprint density at radius 3 is 2.70 bits per heavy atom. The van der Waals surface area contributed by atoms with Crippen molar-refractivity contribution >= 4 is 5.91 Å². The maximum atomic E-state index is 13.1. The lowest BCUT2D eigenvalue weighted by atomic mass is 10.1. The van der Waals surface area contributed by atoms with Crippen LogP contribution in [0, 0.1) is 6.92 Å². The lowest BCUT2D eigenvalue weighted by Gasteiger charge is -2.14. The highest BCUT2D eigenvalue weighted by molar-refractivity contribution is 5.92. The van der Waals surface area contributed by atoms with E-state index < -0.39 is 28.8 Å². The first-order valence-corrected chi connectivity index (χ1v) is 10.5. The van der Waals surface area contributed by atoms with Crippen LogP contribution in [0.3, 0.4) is 0 Å². The number of nitrogens with one attached hydrogen (secondary N) is 1. The van der Waals surface area contributed by atoms with Gasteiger partial charge in [0, 0.05) is 11.8 Å². The second-order valence-electron chi connectivity index (χ2n) is 7.85. The smallest absolute Gasteiger partial charge is 0.416 e. The number of ether oxygens (including phenoxy) is 1. The minimum atomic E-state index is -4.53. The first-order chi connectivity index (χ1) is 15.7. The molecule has 0 unspecified atom stereocenters. The topological polar surface area (TPSA) is 73.2 Å². The second-order valence-corrected chi connectivity index (χ2v) is 7.85. The summed E-state index contributed by atoms with van der Waals surface area (Å²) in [6.45, 7) is 1.85. The predicted molar refractivity (Wildman–Crippen MR) is 116 cm³/mol. The summed E-state index contributed by atoms with van der Waals surface area (Å²) in [4.78, 5) is 24.8. The molecule has 1 N–H and O–H groups in total. The molecular formula is C24H22F3N3O3. The summed E-state index contributed by atoms with van der Waals surface area (Å²) < 4.78 is 46.0. The van der Waals surface area contributed by atoms with Crippen molar-refractivity contribution in [1.29, 1.82) is 0 Å². The zero-order chi connectivity index (χ0) is 23.6. The van der Waals surface area contributed by atoms with Crippen LogP contribution in [0.25, 0.3) is 5.69 Å². The molecule has 33 heavy (non-hydrogen) atoms. The molecule has 1 aliphatic rings. The molecule has 6 nitrogen and oxygen atoms in total. The number of carbonyl (C=O) groups excluding carboxylic acids is 1. The van der Waals surface area contributed by atoms with Gasteiger partial charge in [0.25, 0.3) is 5.91 Å². The highest BCUT2D eigenvalue weighted by Gasteiger charge is 2.30. The summed E-state index contributed by atoms with van der Waals surface area (Å²) in [5, 5.41) is 6.60. The summed E-state index contributed by atoms with van der Waals surface area (Å²) in [6, 6.07) is 11.6. The van der Waals surface area contributed by atoms with E-state index in [1.807, 2.05) is 18.2 Å². The van der Waals surface area contributed by atoms with Crippen molar-refractivity contribution in [3.8, 4) is 11.4 Å². The molecule has 0 saturated heterocycles. The van der Waals surface area contributed by atoms with E-state index in [1.165, 1.54) is 36.2 Å². The first kappa shape index (κ1) is 22.6. The number of rotatable bonds is 6. The van der Waals surface area contributed by atoms with Crippen molar-refractivity contribution < 1.29 is 22.7 Å². The number of aryl methyl sites for hydroxylation is 3. The summed E-state index contributed by atoms with van der Waals surface area (Å²) >= 11 is 0. The average molecular weight is 457 g/mol. The molecule has 3 aromatic rings. The number of aromatic nitrogens is 2. The van der Waals surface area contributed by atoms with Crippen LogP contribution in [-0.2, 0) is 19.0 Å². The van der Waals surface area contributed by atoms with Crippen molar-refractivity contribution in [3.05, 3.63) is 86.8 Å². The molecule has 0 aliphatic heterocycles. The van der Waals surface area contributed by atoms with Crippen LogP contribution in [0.2, 0.25) is 0 Å². The van der Waals surface area contributed by atoms with E-state index in [4.69, 9.17) is 4.74 Å². The SMILES string of the molecule is Cc1cc(=O)c(C(=O)NCCOc2ccc3c(c2)CCC3)nn1-c1cccc(C(F)(F)F)c1. The van der Waals surface area contributed by atoms with E-state index in [0.717, 1.165) is 36.1 Å². The third-order valence-corrected chi connectivity index (χ3v) is 5.47. The maximum absolute atomic E-state index is 13.1. The number of benzene rings is 2. The number of carbonyl (C=O) groups is 1. The Balaban J connectivity index is 1.44. The van der Waals surface area contributed by atoms with Gasteiger partial charge in [0.2, 0.25) is 5.43 Å². The van der Waals surface area contributed by atoms with Crippen molar-refractivity contribution in [2.75, 3.05) is 13.2 Å². The van der Waals surface area contributed by atoms with Crippen LogP contribution in [0.5, 0.6) is 5.75 Å². The standard InChI is InChI=1S/C24H22F3N3O3/c1-15-12-21(31)22(29-30(15)19-7-3-6-18(14-19)24(25,26)27)23(32)28-10-11-33-20-9-8-16-4-2-5-17(16)13-20/h3,6-9,12-14H,2,4-5,10-11H2,1H3,(H,28,32). The minimum absolute atomic E-state index is 0.0938. The number of fused-ring (bicyclic) bond motifs is 1. The average Bonchev–Trinajstić information content (AvgIpc) is 3.24. The summed E-state index contributed by atoms with van der Waals surface area (Å²) in [6.07, 6.45) is -1.29. The van der Waals surface area contributed by atoms with E-state index in [2.05, 4.69) is 10.4 Å². The molecule has 2 aromatic carbocycles. The summed E-state index contributed by atoms with van der Waals surface area (Å²) in [5.41, 5.74) is 1.12. The van der Waals surface area contributed by atoms with Crippen LogP contribution in [0.1, 0.15) is 39.3 Å². The zero-order valence-corrected chi connectivity index (χ0v) is 17.9. The van der Waals surface area contributed by atoms with Gasteiger partial charge < -0.3 is 10.1 Å². The molecule has 0 atom stereocenters. The van der Waals surface area contributed by atoms with E-state index in [-0.39, 0.29) is 18.8 Å². The molecule has 1 aromatic heterocycles. The molecular weight excluding hydrogens is 435 g/mol. The fourth-order valence-corrected chi connectivity index (χ4v) is 3.84. The van der Waals surface area contributed by atoms with Crippen LogP contribution >= 0.6 is 0 Å². The fourth-order valence-electron chi connectivity index (χ4n) is 3.84. The van der Waals surface area contributed by atoms with Crippen molar-refractivity contribution in [3.63, 3.8) is 0 Å². The monoisotopic (exact) mass is 457 g/mol. The maximum Gasteiger partial charge on any atom is 0.416 e. The van der Waals surface area contributed by atoms with Gasteiger partial charge in [0.1, 0.15) is 12.4 Å². The largest absolute Gasteiger partial charge is 0.492 e. The number of amides is 1. The number of alkyl halides is 3. The predicted octanol–water partition coefficient (Wildman–Crippen LogP) is 3.86. The molecule has 0 bridgehead atoms. The molecule has 0 saturated carbocycles. The Bertz CT molecular complexity index is 1250. The third kappa shape index (κ3) is 5.08. The Morgan fingerprint density at radius 2 is 1.91 bits per heavy atom. The first-order valence-electron chi connectivity index (χ1n) is 10.5. The normalized spacial score (nSPS) is 13.0. The lowest BCUT2D eigenvalue weighted by molar-refractivity contribution is -0.137. The molecule has 172 valence electrons. The van der Waals surface area contributed by atoms with E-state index >= 15 is 0 Å². The van der Waals surface area contributed by atoms with Gasteiger partial charge in [0.15, 0.2) is 5.69 Å². The van der Waals surface area contributed by atoms with Gasteiger partial charge in [0.05, 0.1) is 17.8 Å². The molecule has 0 fully saturated rings. The summed E-state index contributed by atoms with van der Waals surface area (Å²) in [5.74, 6) is -0.0106. The van der Waals surface area contributed by atoms with Crippen molar-refractivity contribution in [2.24, 2.45) is 0 Å². The molecule has 9 heteroatoms. The number of nitrogens with zero attached hydrogens (tertiary/aromatic N) is 2. The van der Waals surface area contributed by atoms with Gasteiger partial charge in [-0.1, -0.05) is 12.1 Å². The molecule has 1 heterocycles. The lowest BCUT2D eigenvalue weighted by Crippen LogP contribution is -2.34. The van der Waals surface area contributed by atoms with Crippen molar-refractivity contribution in [1.82, 2.24) is 15.1 Å². The number of halogens is 3. The Morgan fingerprint density at radius 1 is 1.12 bits per heavy atom. The molecule has 1 aliphatic carbocycles. The van der Waals surface area contributed by atoms with E-state index in [0.29, 0.717) is 11.4 Å². The minimum Gasteiger partial charge on any atom is -0.492 e. The van der Waals surface area contributed by atoms with Crippen molar-refractivity contribution in [2.45, 2.75) is 32.4 Å². The quantitative estimate of drug-likeness (QED) is 0.571.